The molecule has 0 fully saturated rings. The zero-order valence-corrected chi connectivity index (χ0v) is 21.7. The van der Waals surface area contributed by atoms with E-state index >= 15 is 0 Å². The van der Waals surface area contributed by atoms with Gasteiger partial charge in [-0.25, -0.2) is 0 Å². The normalized spacial score (nSPS) is 11.6. The van der Waals surface area contributed by atoms with Gasteiger partial charge < -0.3 is 10.2 Å². The number of thioether (sulfide) groups is 1. The highest BCUT2D eigenvalue weighted by molar-refractivity contribution is 7.99. The second-order valence-electron chi connectivity index (χ2n) is 7.63. The summed E-state index contributed by atoms with van der Waals surface area (Å²) >= 11 is 20.3. The number of rotatable bonds is 10. The van der Waals surface area contributed by atoms with Gasteiger partial charge in [-0.05, 0) is 34.9 Å². The molecule has 0 bridgehead atoms. The number of carbonyl (C=O) groups excluding carboxylic acids is 2. The molecule has 178 valence electrons. The van der Waals surface area contributed by atoms with Gasteiger partial charge >= 0.3 is 0 Å². The van der Waals surface area contributed by atoms with Gasteiger partial charge in [0.15, 0.2) is 0 Å². The van der Waals surface area contributed by atoms with E-state index in [1.807, 2.05) is 48.5 Å². The van der Waals surface area contributed by atoms with Crippen molar-refractivity contribution < 1.29 is 9.59 Å². The maximum Gasteiger partial charge on any atom is 0.242 e. The molecule has 0 saturated carbocycles. The first-order valence-corrected chi connectivity index (χ1v) is 13.0. The van der Waals surface area contributed by atoms with Gasteiger partial charge in [-0.3, -0.25) is 9.59 Å². The van der Waals surface area contributed by atoms with E-state index < -0.39 is 6.04 Å². The van der Waals surface area contributed by atoms with Gasteiger partial charge in [-0.2, -0.15) is 0 Å². The van der Waals surface area contributed by atoms with E-state index in [1.54, 1.807) is 36.2 Å². The van der Waals surface area contributed by atoms with Crippen molar-refractivity contribution in [2.45, 2.75) is 24.8 Å². The van der Waals surface area contributed by atoms with Crippen molar-refractivity contribution in [2.24, 2.45) is 0 Å². The van der Waals surface area contributed by atoms with Gasteiger partial charge in [0, 0.05) is 40.8 Å². The van der Waals surface area contributed by atoms with Crippen LogP contribution in [0, 0.1) is 0 Å². The quantitative estimate of drug-likeness (QED) is 0.333. The number of likely N-dealkylation sites (N-methyl/N-ethyl adjacent to an activating group) is 1. The fourth-order valence-corrected chi connectivity index (χ4v) is 5.37. The Labute approximate surface area is 219 Å². The molecule has 8 heteroatoms. The average Bonchev–Trinajstić information content (AvgIpc) is 2.84. The average molecular weight is 536 g/mol. The Hall–Kier alpha value is -2.18. The molecule has 1 atom stereocenters. The first-order valence-electron chi connectivity index (χ1n) is 10.7. The van der Waals surface area contributed by atoms with E-state index in [0.29, 0.717) is 27.2 Å². The molecule has 0 spiro atoms. The highest BCUT2D eigenvalue weighted by Gasteiger charge is 2.30. The Kier molecular flexibility index (Phi) is 10.1. The first kappa shape index (κ1) is 26.4. The summed E-state index contributed by atoms with van der Waals surface area (Å²) in [5.41, 5.74) is 2.52. The summed E-state index contributed by atoms with van der Waals surface area (Å²) in [7, 11) is 1.58. The fraction of sp³-hybridized carbons (Fsp3) is 0.231. The van der Waals surface area contributed by atoms with Crippen LogP contribution in [0.4, 0.5) is 0 Å². The first-order chi connectivity index (χ1) is 16.4. The van der Waals surface area contributed by atoms with Crippen LogP contribution in [0.2, 0.25) is 15.1 Å². The summed E-state index contributed by atoms with van der Waals surface area (Å²) in [6.45, 7) is 0.219. The number of hydrogen-bond donors (Lipinski definition) is 1. The standard InChI is InChI=1S/C26H25Cl3N2O2S/c1-30-26(33)24(14-18-8-3-2-4-9-18)31(15-19-10-5-6-11-21(19)27)25(32)17-34-16-20-22(28)12-7-13-23(20)29/h2-13,24H,14-17H2,1H3,(H,30,33)/t24-/m0/s1. The lowest BCUT2D eigenvalue weighted by Gasteiger charge is -2.31. The maximum atomic E-state index is 13.5. The summed E-state index contributed by atoms with van der Waals surface area (Å²) in [5.74, 6) is 0.239. The summed E-state index contributed by atoms with van der Waals surface area (Å²) in [4.78, 5) is 28.0. The van der Waals surface area contributed by atoms with Crippen molar-refractivity contribution in [3.05, 3.63) is 105 Å². The van der Waals surface area contributed by atoms with E-state index in [2.05, 4.69) is 5.32 Å². The Bertz CT molecular complexity index is 1110. The van der Waals surface area contributed by atoms with Crippen LogP contribution in [-0.4, -0.2) is 35.6 Å². The second-order valence-corrected chi connectivity index (χ2v) is 9.83. The Morgan fingerprint density at radius 3 is 2.15 bits per heavy atom. The molecule has 4 nitrogen and oxygen atoms in total. The van der Waals surface area contributed by atoms with Crippen molar-refractivity contribution in [3.8, 4) is 0 Å². The van der Waals surface area contributed by atoms with Gasteiger partial charge in [0.05, 0.1) is 5.75 Å². The molecular formula is C26H25Cl3N2O2S. The van der Waals surface area contributed by atoms with Crippen molar-refractivity contribution >= 4 is 58.4 Å². The molecular weight excluding hydrogens is 511 g/mol. The smallest absolute Gasteiger partial charge is 0.242 e. The molecule has 2 amide bonds. The molecule has 0 aliphatic carbocycles. The van der Waals surface area contributed by atoms with Crippen LogP contribution in [0.15, 0.2) is 72.8 Å². The second kappa shape index (κ2) is 13.1. The number of halogens is 3. The molecule has 34 heavy (non-hydrogen) atoms. The minimum absolute atomic E-state index is 0.161. The van der Waals surface area contributed by atoms with Crippen LogP contribution in [0.3, 0.4) is 0 Å². The highest BCUT2D eigenvalue weighted by atomic mass is 35.5. The Balaban J connectivity index is 1.84. The molecule has 0 aliphatic heterocycles. The topological polar surface area (TPSA) is 49.4 Å². The molecule has 3 rings (SSSR count). The minimum Gasteiger partial charge on any atom is -0.357 e. The zero-order valence-electron chi connectivity index (χ0n) is 18.6. The zero-order chi connectivity index (χ0) is 24.5. The third-order valence-corrected chi connectivity index (χ3v) is 7.37. The van der Waals surface area contributed by atoms with Gasteiger partial charge in [0.2, 0.25) is 11.8 Å². The summed E-state index contributed by atoms with van der Waals surface area (Å²) < 4.78 is 0. The molecule has 0 saturated heterocycles. The Morgan fingerprint density at radius 1 is 0.882 bits per heavy atom. The predicted molar refractivity (Wildman–Crippen MR) is 143 cm³/mol. The number of nitrogens with zero attached hydrogens (tertiary/aromatic N) is 1. The van der Waals surface area contributed by atoms with Crippen LogP contribution in [0.1, 0.15) is 16.7 Å². The molecule has 0 radical (unpaired) electrons. The monoisotopic (exact) mass is 534 g/mol. The highest BCUT2D eigenvalue weighted by Crippen LogP contribution is 2.29. The van der Waals surface area contributed by atoms with Crippen LogP contribution < -0.4 is 5.32 Å². The SMILES string of the molecule is CNC(=O)[C@H](Cc1ccccc1)N(Cc1ccccc1Cl)C(=O)CSCc1c(Cl)cccc1Cl. The van der Waals surface area contributed by atoms with E-state index in [-0.39, 0.29) is 24.1 Å². The fourth-order valence-electron chi connectivity index (χ4n) is 3.52. The van der Waals surface area contributed by atoms with Crippen LogP contribution in [-0.2, 0) is 28.3 Å². The lowest BCUT2D eigenvalue weighted by Crippen LogP contribution is -2.50. The third-order valence-electron chi connectivity index (χ3n) is 5.35. The van der Waals surface area contributed by atoms with E-state index in [9.17, 15) is 9.59 Å². The van der Waals surface area contributed by atoms with Crippen molar-refractivity contribution in [3.63, 3.8) is 0 Å². The molecule has 0 unspecified atom stereocenters. The number of carbonyl (C=O) groups is 2. The van der Waals surface area contributed by atoms with Crippen LogP contribution in [0.5, 0.6) is 0 Å². The largest absolute Gasteiger partial charge is 0.357 e. The lowest BCUT2D eigenvalue weighted by atomic mass is 10.0. The van der Waals surface area contributed by atoms with Gasteiger partial charge in [-0.1, -0.05) is 89.4 Å². The summed E-state index contributed by atoms with van der Waals surface area (Å²) in [6, 6.07) is 21.6. The number of nitrogens with one attached hydrogen (secondary N) is 1. The van der Waals surface area contributed by atoms with Crippen LogP contribution >= 0.6 is 46.6 Å². The van der Waals surface area contributed by atoms with E-state index in [1.165, 1.54) is 11.8 Å². The molecule has 1 N–H and O–H groups in total. The van der Waals surface area contributed by atoms with E-state index in [0.717, 1.165) is 16.7 Å². The third kappa shape index (κ3) is 7.16. The molecule has 3 aromatic carbocycles. The summed E-state index contributed by atoms with van der Waals surface area (Å²) in [6.07, 6.45) is 0.387. The van der Waals surface area contributed by atoms with Gasteiger partial charge in [0.25, 0.3) is 0 Å². The minimum atomic E-state index is -0.694. The van der Waals surface area contributed by atoms with Crippen molar-refractivity contribution in [1.29, 1.82) is 0 Å². The Morgan fingerprint density at radius 2 is 1.50 bits per heavy atom. The van der Waals surface area contributed by atoms with Gasteiger partial charge in [0.1, 0.15) is 6.04 Å². The van der Waals surface area contributed by atoms with Gasteiger partial charge in [-0.15, -0.1) is 11.8 Å². The molecule has 3 aromatic rings. The number of amides is 2. The van der Waals surface area contributed by atoms with Crippen molar-refractivity contribution in [2.75, 3.05) is 12.8 Å². The van der Waals surface area contributed by atoms with Crippen molar-refractivity contribution in [1.82, 2.24) is 10.2 Å². The maximum absolute atomic E-state index is 13.5. The lowest BCUT2D eigenvalue weighted by molar-refractivity contribution is -0.139. The summed E-state index contributed by atoms with van der Waals surface area (Å²) in [5, 5.41) is 4.38. The van der Waals surface area contributed by atoms with Crippen LogP contribution in [0.25, 0.3) is 0 Å². The number of hydrogen-bond acceptors (Lipinski definition) is 3. The molecule has 0 aromatic heterocycles. The number of benzene rings is 3. The molecule has 0 aliphatic rings. The predicted octanol–water partition coefficient (Wildman–Crippen LogP) is 6.27. The molecule has 0 heterocycles. The van der Waals surface area contributed by atoms with E-state index in [4.69, 9.17) is 34.8 Å².